The normalized spacial score (nSPS) is 21.6. The summed E-state index contributed by atoms with van der Waals surface area (Å²) in [4.78, 5) is 12.2. The van der Waals surface area contributed by atoms with Gasteiger partial charge >= 0.3 is 0 Å². The highest BCUT2D eigenvalue weighted by Gasteiger charge is 2.27. The third kappa shape index (κ3) is 3.78. The minimum absolute atomic E-state index is 0.747. The highest BCUT2D eigenvalue weighted by atomic mass is 16.5. The molecule has 0 amide bonds. The van der Waals surface area contributed by atoms with Gasteiger partial charge in [-0.2, -0.15) is 0 Å². The summed E-state index contributed by atoms with van der Waals surface area (Å²) >= 11 is 0. The van der Waals surface area contributed by atoms with Crippen molar-refractivity contribution in [3.8, 4) is 5.75 Å². The monoisotopic (exact) mass is 318 g/mol. The lowest BCUT2D eigenvalue weighted by molar-refractivity contribution is 0.0981. The van der Waals surface area contributed by atoms with Crippen LogP contribution in [0.5, 0.6) is 5.75 Å². The van der Waals surface area contributed by atoms with Crippen molar-refractivity contribution in [3.63, 3.8) is 0 Å². The second-order valence-electron chi connectivity index (χ2n) is 6.77. The maximum Gasteiger partial charge on any atom is 0.132 e. The van der Waals surface area contributed by atoms with Crippen LogP contribution >= 0.6 is 0 Å². The zero-order valence-corrected chi connectivity index (χ0v) is 14.8. The van der Waals surface area contributed by atoms with E-state index in [-0.39, 0.29) is 0 Å². The molecule has 2 aliphatic rings. The van der Waals surface area contributed by atoms with Gasteiger partial charge in [0.2, 0.25) is 0 Å². The first-order chi connectivity index (χ1) is 11.2. The van der Waals surface area contributed by atoms with Gasteiger partial charge in [0.05, 0.1) is 7.11 Å². The first kappa shape index (κ1) is 16.5. The quantitative estimate of drug-likeness (QED) is 0.846. The maximum atomic E-state index is 5.51. The third-order valence-corrected chi connectivity index (χ3v) is 5.37. The average molecular weight is 318 g/mol. The highest BCUT2D eigenvalue weighted by molar-refractivity contribution is 5.47. The van der Waals surface area contributed by atoms with Crippen LogP contribution in [0.25, 0.3) is 0 Å². The summed E-state index contributed by atoms with van der Waals surface area (Å²) in [6, 6.07) is 2.85. The number of hydrogen-bond acceptors (Lipinski definition) is 5. The van der Waals surface area contributed by atoms with E-state index in [0.717, 1.165) is 37.1 Å². The number of pyridine rings is 1. The molecule has 0 radical (unpaired) electrons. The Morgan fingerprint density at radius 2 is 1.83 bits per heavy atom. The van der Waals surface area contributed by atoms with E-state index in [2.05, 4.69) is 39.7 Å². The number of hydrogen-bond donors (Lipinski definition) is 0. The molecule has 23 heavy (non-hydrogen) atoms. The summed E-state index contributed by atoms with van der Waals surface area (Å²) in [5.41, 5.74) is 1.18. The minimum Gasteiger partial charge on any atom is -0.496 e. The number of ether oxygens (including phenoxy) is 1. The maximum absolute atomic E-state index is 5.51. The number of aromatic nitrogens is 1. The number of nitrogens with zero attached hydrogens (tertiary/aromatic N) is 4. The first-order valence-electron chi connectivity index (χ1n) is 8.91. The van der Waals surface area contributed by atoms with Gasteiger partial charge in [-0.15, -0.1) is 0 Å². The van der Waals surface area contributed by atoms with Gasteiger partial charge in [0.15, 0.2) is 0 Å². The molecule has 0 bridgehead atoms. The van der Waals surface area contributed by atoms with Crippen LogP contribution in [0.15, 0.2) is 12.3 Å². The van der Waals surface area contributed by atoms with Crippen molar-refractivity contribution in [2.75, 3.05) is 58.3 Å². The van der Waals surface area contributed by atoms with Crippen molar-refractivity contribution in [2.24, 2.45) is 0 Å². The fourth-order valence-corrected chi connectivity index (χ4v) is 3.73. The second-order valence-corrected chi connectivity index (χ2v) is 6.77. The number of methoxy groups -OCH3 is 1. The van der Waals surface area contributed by atoms with Crippen LogP contribution in [0.1, 0.15) is 25.3 Å². The van der Waals surface area contributed by atoms with E-state index < -0.39 is 0 Å². The Kier molecular flexibility index (Phi) is 5.38. The van der Waals surface area contributed by atoms with Crippen molar-refractivity contribution in [1.82, 2.24) is 14.8 Å². The summed E-state index contributed by atoms with van der Waals surface area (Å²) in [7, 11) is 3.97. The molecule has 2 saturated heterocycles. The van der Waals surface area contributed by atoms with Gasteiger partial charge in [-0.3, -0.25) is 4.90 Å². The molecule has 3 rings (SSSR count). The fraction of sp³-hybridized carbons (Fsp3) is 0.722. The van der Waals surface area contributed by atoms with E-state index in [0.29, 0.717) is 0 Å². The van der Waals surface area contributed by atoms with Crippen molar-refractivity contribution in [3.05, 3.63) is 17.8 Å². The molecule has 0 unspecified atom stereocenters. The largest absolute Gasteiger partial charge is 0.496 e. The summed E-state index contributed by atoms with van der Waals surface area (Å²) in [5.74, 6) is 2.04. The smallest absolute Gasteiger partial charge is 0.132 e. The zero-order valence-electron chi connectivity index (χ0n) is 14.8. The molecule has 1 aromatic rings. The molecule has 0 saturated carbocycles. The molecule has 5 heteroatoms. The average Bonchev–Trinajstić information content (AvgIpc) is 2.62. The molecule has 0 atom stereocenters. The van der Waals surface area contributed by atoms with Crippen LogP contribution in [0.3, 0.4) is 0 Å². The van der Waals surface area contributed by atoms with Gasteiger partial charge in [-0.25, -0.2) is 4.98 Å². The lowest BCUT2D eigenvalue weighted by Crippen LogP contribution is -2.52. The molecule has 1 aromatic heterocycles. The van der Waals surface area contributed by atoms with Gasteiger partial charge in [-0.05, 0) is 26.3 Å². The van der Waals surface area contributed by atoms with Gasteiger partial charge in [-0.1, -0.05) is 6.92 Å². The third-order valence-electron chi connectivity index (χ3n) is 5.37. The summed E-state index contributed by atoms with van der Waals surface area (Å²) in [5, 5.41) is 0. The summed E-state index contributed by atoms with van der Waals surface area (Å²) < 4.78 is 5.51. The van der Waals surface area contributed by atoms with E-state index in [1.807, 2.05) is 6.20 Å². The van der Waals surface area contributed by atoms with Crippen LogP contribution in [-0.2, 0) is 6.42 Å². The molecule has 5 nitrogen and oxygen atoms in total. The van der Waals surface area contributed by atoms with E-state index >= 15 is 0 Å². The number of rotatable bonds is 4. The van der Waals surface area contributed by atoms with Crippen LogP contribution in [0, 0.1) is 0 Å². The standard InChI is InChI=1S/C18H30N4O/c1-4-15-14-19-18(13-17(15)23-3)22-7-5-16(6-8-22)21-11-9-20(2)10-12-21/h13-14,16H,4-12H2,1-3H3. The molecule has 2 fully saturated rings. The van der Waals surface area contributed by atoms with E-state index in [4.69, 9.17) is 4.74 Å². The van der Waals surface area contributed by atoms with Crippen molar-refractivity contribution < 1.29 is 4.74 Å². The van der Waals surface area contributed by atoms with Crippen LogP contribution in [0.2, 0.25) is 0 Å². The Balaban J connectivity index is 1.58. The summed E-state index contributed by atoms with van der Waals surface area (Å²) in [6.45, 7) is 9.18. The van der Waals surface area contributed by atoms with Crippen LogP contribution in [-0.4, -0.2) is 74.3 Å². The Bertz CT molecular complexity index is 506. The predicted molar refractivity (Wildman–Crippen MR) is 94.5 cm³/mol. The van der Waals surface area contributed by atoms with E-state index in [9.17, 15) is 0 Å². The highest BCUT2D eigenvalue weighted by Crippen LogP contribution is 2.27. The van der Waals surface area contributed by atoms with Gasteiger partial charge in [0.25, 0.3) is 0 Å². The Labute approximate surface area is 140 Å². The number of aryl methyl sites for hydroxylation is 1. The number of anilines is 1. The SMILES string of the molecule is CCc1cnc(N2CCC(N3CCN(C)CC3)CC2)cc1OC. The fourth-order valence-electron chi connectivity index (χ4n) is 3.73. The number of piperazine rings is 1. The van der Waals surface area contributed by atoms with Gasteiger partial charge < -0.3 is 14.5 Å². The van der Waals surface area contributed by atoms with Crippen molar-refractivity contribution in [2.45, 2.75) is 32.2 Å². The Morgan fingerprint density at radius 1 is 1.13 bits per heavy atom. The molecule has 2 aliphatic heterocycles. The molecule has 0 aromatic carbocycles. The molecular weight excluding hydrogens is 288 g/mol. The zero-order chi connectivity index (χ0) is 16.2. The van der Waals surface area contributed by atoms with Crippen LogP contribution in [0.4, 0.5) is 5.82 Å². The first-order valence-corrected chi connectivity index (χ1v) is 8.91. The lowest BCUT2D eigenvalue weighted by Gasteiger charge is -2.42. The molecular formula is C18H30N4O. The number of likely N-dealkylation sites (N-methyl/N-ethyl adjacent to an activating group) is 1. The lowest BCUT2D eigenvalue weighted by atomic mass is 10.0. The molecule has 0 N–H and O–H groups in total. The van der Waals surface area contributed by atoms with E-state index in [1.165, 1.54) is 44.6 Å². The van der Waals surface area contributed by atoms with Crippen molar-refractivity contribution >= 4 is 5.82 Å². The Morgan fingerprint density at radius 3 is 2.43 bits per heavy atom. The second kappa shape index (κ2) is 7.49. The molecule has 0 spiro atoms. The summed E-state index contributed by atoms with van der Waals surface area (Å²) in [6.07, 6.45) is 5.41. The molecule has 3 heterocycles. The number of piperidine rings is 1. The van der Waals surface area contributed by atoms with Crippen LogP contribution < -0.4 is 9.64 Å². The molecule has 128 valence electrons. The predicted octanol–water partition coefficient (Wildman–Crippen LogP) is 1.87. The van der Waals surface area contributed by atoms with Gasteiger partial charge in [0, 0.05) is 63.1 Å². The molecule has 0 aliphatic carbocycles. The minimum atomic E-state index is 0.747. The van der Waals surface area contributed by atoms with E-state index in [1.54, 1.807) is 7.11 Å². The van der Waals surface area contributed by atoms with Crippen molar-refractivity contribution in [1.29, 1.82) is 0 Å². The Hall–Kier alpha value is -1.33. The topological polar surface area (TPSA) is 31.8 Å². The van der Waals surface area contributed by atoms with Gasteiger partial charge in [0.1, 0.15) is 11.6 Å².